The first-order valence-corrected chi connectivity index (χ1v) is 7.23. The second kappa shape index (κ2) is 7.00. The molecule has 8 heteroatoms. The number of benzene rings is 1. The van der Waals surface area contributed by atoms with E-state index < -0.39 is 27.0 Å². The van der Waals surface area contributed by atoms with Crippen molar-refractivity contribution in [3.63, 3.8) is 0 Å². The third-order valence-corrected chi connectivity index (χ3v) is 3.19. The van der Waals surface area contributed by atoms with E-state index in [9.17, 15) is 18.0 Å². The second-order valence-corrected chi connectivity index (χ2v) is 5.41. The minimum Gasteiger partial charge on any atom is -0.459 e. The molecule has 1 rings (SSSR count). The highest BCUT2D eigenvalue weighted by Crippen LogP contribution is 2.15. The Morgan fingerprint density at radius 1 is 1.19 bits per heavy atom. The van der Waals surface area contributed by atoms with E-state index in [1.165, 1.54) is 25.1 Å². The second-order valence-electron chi connectivity index (χ2n) is 4.02. The van der Waals surface area contributed by atoms with Crippen LogP contribution in [0.3, 0.4) is 0 Å². The summed E-state index contributed by atoms with van der Waals surface area (Å²) < 4.78 is 40.7. The van der Waals surface area contributed by atoms with E-state index in [0.717, 1.165) is 6.07 Å². The van der Waals surface area contributed by atoms with Gasteiger partial charge in [0.2, 0.25) is 0 Å². The third-order valence-electron chi connectivity index (χ3n) is 2.28. The fourth-order valence-corrected chi connectivity index (χ4v) is 2.01. The molecule has 0 aliphatic rings. The average Bonchev–Trinajstić information content (AvgIpc) is 2.42. The molecule has 114 valence electrons. The maximum absolute atomic E-state index is 11.7. The average molecular weight is 314 g/mol. The first-order valence-electron chi connectivity index (χ1n) is 5.79. The van der Waals surface area contributed by atoms with Crippen molar-refractivity contribution in [1.29, 1.82) is 0 Å². The Bertz CT molecular complexity index is 661. The normalized spacial score (nSPS) is 10.8. The Labute approximate surface area is 121 Å². The molecule has 0 aromatic heterocycles. The van der Waals surface area contributed by atoms with Gasteiger partial charge in [-0.1, -0.05) is 18.7 Å². The summed E-state index contributed by atoms with van der Waals surface area (Å²) >= 11 is 0. The minimum atomic E-state index is -4.53. The minimum absolute atomic E-state index is 0.189. The molecule has 0 amide bonds. The standard InChI is InChI=1S/C13H14O7S/c1-9(2)12(14)19-7-8-20-13(15)10-5-3-4-6-11(10)21(16,17)18/h3-6H,1,7-8H2,2H3,(H,16,17,18). The van der Waals surface area contributed by atoms with E-state index >= 15 is 0 Å². The van der Waals surface area contributed by atoms with Crippen LogP contribution in [0.5, 0.6) is 0 Å². The Kier molecular flexibility index (Phi) is 5.62. The fraction of sp³-hybridized carbons (Fsp3) is 0.231. The summed E-state index contributed by atoms with van der Waals surface area (Å²) in [7, 11) is -4.53. The topological polar surface area (TPSA) is 107 Å². The maximum atomic E-state index is 11.7. The number of ether oxygens (including phenoxy) is 2. The summed E-state index contributed by atoms with van der Waals surface area (Å²) in [6.07, 6.45) is 0. The van der Waals surface area contributed by atoms with Crippen molar-refractivity contribution in [1.82, 2.24) is 0 Å². The van der Waals surface area contributed by atoms with Gasteiger partial charge < -0.3 is 9.47 Å². The number of carbonyl (C=O) groups is 2. The van der Waals surface area contributed by atoms with E-state index in [1.54, 1.807) is 0 Å². The molecule has 0 aliphatic heterocycles. The third kappa shape index (κ3) is 5.01. The predicted octanol–water partition coefficient (Wildman–Crippen LogP) is 1.21. The van der Waals surface area contributed by atoms with Crippen LogP contribution in [0.4, 0.5) is 0 Å². The number of rotatable bonds is 6. The van der Waals surface area contributed by atoms with Crippen LogP contribution in [0.2, 0.25) is 0 Å². The van der Waals surface area contributed by atoms with Crippen LogP contribution in [0.15, 0.2) is 41.3 Å². The molecule has 0 unspecified atom stereocenters. The molecule has 0 atom stereocenters. The summed E-state index contributed by atoms with van der Waals surface area (Å²) in [5.74, 6) is -1.57. The Morgan fingerprint density at radius 3 is 2.33 bits per heavy atom. The van der Waals surface area contributed by atoms with Gasteiger partial charge in [0, 0.05) is 5.57 Å². The van der Waals surface area contributed by atoms with Gasteiger partial charge in [-0.25, -0.2) is 9.59 Å². The zero-order valence-corrected chi connectivity index (χ0v) is 12.1. The van der Waals surface area contributed by atoms with Gasteiger partial charge in [-0.3, -0.25) is 4.55 Å². The van der Waals surface area contributed by atoms with Crippen LogP contribution in [0, 0.1) is 0 Å². The van der Waals surface area contributed by atoms with Gasteiger partial charge in [0.15, 0.2) is 0 Å². The number of carbonyl (C=O) groups excluding carboxylic acids is 2. The molecule has 1 N–H and O–H groups in total. The van der Waals surface area contributed by atoms with E-state index in [-0.39, 0.29) is 24.4 Å². The highest BCUT2D eigenvalue weighted by atomic mass is 32.2. The largest absolute Gasteiger partial charge is 0.459 e. The molecule has 7 nitrogen and oxygen atoms in total. The van der Waals surface area contributed by atoms with Crippen molar-refractivity contribution in [2.24, 2.45) is 0 Å². The van der Waals surface area contributed by atoms with E-state index in [4.69, 9.17) is 14.0 Å². The molecule has 1 aromatic rings. The Balaban J connectivity index is 2.66. The van der Waals surface area contributed by atoms with Crippen molar-refractivity contribution >= 4 is 22.1 Å². The maximum Gasteiger partial charge on any atom is 0.339 e. The fourth-order valence-electron chi connectivity index (χ4n) is 1.33. The van der Waals surface area contributed by atoms with Crippen LogP contribution in [-0.4, -0.2) is 38.1 Å². The molecular formula is C13H14O7S. The summed E-state index contributed by atoms with van der Waals surface area (Å²) in [6.45, 7) is 4.41. The van der Waals surface area contributed by atoms with E-state index in [2.05, 4.69) is 6.58 Å². The van der Waals surface area contributed by atoms with Gasteiger partial charge >= 0.3 is 11.9 Å². The predicted molar refractivity (Wildman–Crippen MR) is 72.3 cm³/mol. The molecule has 0 saturated carbocycles. The van der Waals surface area contributed by atoms with Crippen molar-refractivity contribution in [2.45, 2.75) is 11.8 Å². The van der Waals surface area contributed by atoms with Crippen molar-refractivity contribution in [3.05, 3.63) is 42.0 Å². The van der Waals surface area contributed by atoms with Gasteiger partial charge in [0.1, 0.15) is 18.1 Å². The zero-order valence-electron chi connectivity index (χ0n) is 11.2. The molecule has 21 heavy (non-hydrogen) atoms. The zero-order chi connectivity index (χ0) is 16.0. The van der Waals surface area contributed by atoms with E-state index in [0.29, 0.717) is 0 Å². The first-order chi connectivity index (χ1) is 9.73. The molecule has 0 saturated heterocycles. The molecule has 0 radical (unpaired) electrons. The monoisotopic (exact) mass is 314 g/mol. The van der Waals surface area contributed by atoms with Crippen LogP contribution in [-0.2, 0) is 24.4 Å². The highest BCUT2D eigenvalue weighted by molar-refractivity contribution is 7.86. The molecule has 0 aliphatic carbocycles. The SMILES string of the molecule is C=C(C)C(=O)OCCOC(=O)c1ccccc1S(=O)(=O)O. The Morgan fingerprint density at radius 2 is 1.76 bits per heavy atom. The highest BCUT2D eigenvalue weighted by Gasteiger charge is 2.20. The van der Waals surface area contributed by atoms with E-state index in [1.807, 2.05) is 0 Å². The van der Waals surface area contributed by atoms with Gasteiger partial charge in [0.25, 0.3) is 10.1 Å². The van der Waals surface area contributed by atoms with Crippen LogP contribution >= 0.6 is 0 Å². The lowest BCUT2D eigenvalue weighted by molar-refractivity contribution is -0.140. The summed E-state index contributed by atoms with van der Waals surface area (Å²) in [5.41, 5.74) is -0.0933. The summed E-state index contributed by atoms with van der Waals surface area (Å²) in [6, 6.07) is 5.05. The lowest BCUT2D eigenvalue weighted by Gasteiger charge is -2.08. The molecule has 0 spiro atoms. The number of hydrogen-bond acceptors (Lipinski definition) is 6. The molecule has 0 bridgehead atoms. The first kappa shape index (κ1) is 16.9. The number of hydrogen-bond donors (Lipinski definition) is 1. The molecule has 1 aromatic carbocycles. The molecule has 0 heterocycles. The van der Waals surface area contributed by atoms with Gasteiger partial charge in [-0.2, -0.15) is 8.42 Å². The quantitative estimate of drug-likeness (QED) is 0.364. The van der Waals surface area contributed by atoms with Crippen molar-refractivity contribution in [2.75, 3.05) is 13.2 Å². The Hall–Kier alpha value is -2.19. The van der Waals surface area contributed by atoms with Gasteiger partial charge in [-0.05, 0) is 19.1 Å². The van der Waals surface area contributed by atoms with Crippen LogP contribution < -0.4 is 0 Å². The number of esters is 2. The molecule has 0 fully saturated rings. The van der Waals surface area contributed by atoms with Gasteiger partial charge in [0.05, 0.1) is 5.56 Å². The van der Waals surface area contributed by atoms with Crippen LogP contribution in [0.25, 0.3) is 0 Å². The smallest absolute Gasteiger partial charge is 0.339 e. The summed E-state index contributed by atoms with van der Waals surface area (Å²) in [5, 5.41) is 0. The lowest BCUT2D eigenvalue weighted by atomic mass is 10.2. The van der Waals surface area contributed by atoms with Crippen molar-refractivity contribution < 1.29 is 32.0 Å². The van der Waals surface area contributed by atoms with Crippen LogP contribution in [0.1, 0.15) is 17.3 Å². The van der Waals surface area contributed by atoms with Gasteiger partial charge in [-0.15, -0.1) is 0 Å². The molecular weight excluding hydrogens is 300 g/mol. The van der Waals surface area contributed by atoms with Crippen molar-refractivity contribution in [3.8, 4) is 0 Å². The summed E-state index contributed by atoms with van der Waals surface area (Å²) in [4.78, 5) is 22.3. The lowest BCUT2D eigenvalue weighted by Crippen LogP contribution is -2.16.